The van der Waals surface area contributed by atoms with Gasteiger partial charge in [-0.25, -0.2) is 13.6 Å². The second kappa shape index (κ2) is 11.0. The Labute approximate surface area is 203 Å². The minimum Gasteiger partial charge on any atom is -0.424 e. The van der Waals surface area contributed by atoms with Crippen LogP contribution in [0.25, 0.3) is 0 Å². The van der Waals surface area contributed by atoms with Gasteiger partial charge in [-0.15, -0.1) is 0 Å². The monoisotopic (exact) mass is 493 g/mol. The highest BCUT2D eigenvalue weighted by atomic mass is 35.5. The number of halogens is 3. The van der Waals surface area contributed by atoms with Gasteiger partial charge in [0.25, 0.3) is 0 Å². The van der Waals surface area contributed by atoms with Gasteiger partial charge in [0.05, 0.1) is 11.6 Å². The summed E-state index contributed by atoms with van der Waals surface area (Å²) in [4.78, 5) is 27.3. The first-order valence-electron chi connectivity index (χ1n) is 11.4. The maximum absolute atomic E-state index is 14.2. The van der Waals surface area contributed by atoms with Crippen molar-refractivity contribution in [2.24, 2.45) is 17.8 Å². The van der Waals surface area contributed by atoms with Gasteiger partial charge in [0.15, 0.2) is 17.4 Å². The number of urea groups is 1. The first-order chi connectivity index (χ1) is 16.0. The Bertz CT molecular complexity index is 1020. The molecule has 2 N–H and O–H groups in total. The Hall–Kier alpha value is -2.87. The van der Waals surface area contributed by atoms with Crippen LogP contribution in [0.1, 0.15) is 40.5 Å². The number of para-hydroxylation sites is 1. The molecular formula is C25H30ClF2N3O3. The van der Waals surface area contributed by atoms with Gasteiger partial charge in [-0.3, -0.25) is 4.79 Å². The van der Waals surface area contributed by atoms with Crippen LogP contribution in [0.3, 0.4) is 0 Å². The van der Waals surface area contributed by atoms with E-state index in [9.17, 15) is 18.4 Å². The molecule has 1 aliphatic carbocycles. The Morgan fingerprint density at radius 3 is 2.12 bits per heavy atom. The topological polar surface area (TPSA) is 70.7 Å². The fraction of sp³-hybridized carbons (Fsp3) is 0.440. The van der Waals surface area contributed by atoms with Crippen molar-refractivity contribution >= 4 is 40.7 Å². The second-order valence-electron chi connectivity index (χ2n) is 9.36. The molecule has 0 spiro atoms. The highest BCUT2D eigenvalue weighted by Crippen LogP contribution is 2.39. The van der Waals surface area contributed by atoms with Crippen LogP contribution < -0.4 is 20.3 Å². The van der Waals surface area contributed by atoms with Crippen LogP contribution >= 0.6 is 11.6 Å². The minimum atomic E-state index is -1.00. The minimum absolute atomic E-state index is 0.126. The van der Waals surface area contributed by atoms with Crippen LogP contribution in [0, 0.1) is 29.4 Å². The van der Waals surface area contributed by atoms with Crippen LogP contribution in [0.2, 0.25) is 5.02 Å². The lowest BCUT2D eigenvalue weighted by Crippen LogP contribution is -2.33. The first kappa shape index (κ1) is 25.7. The SMILES string of the molecule is CC(C)CN(CC(C)C)c1cccc(OC(=O)C2CC2)c1NC(=O)Nc1c(F)cc(Cl)cc1F. The Morgan fingerprint density at radius 1 is 1.03 bits per heavy atom. The fourth-order valence-corrected chi connectivity index (χ4v) is 3.77. The molecule has 0 radical (unpaired) electrons. The highest BCUT2D eigenvalue weighted by molar-refractivity contribution is 6.30. The Balaban J connectivity index is 1.96. The molecule has 184 valence electrons. The summed E-state index contributed by atoms with van der Waals surface area (Å²) in [5.74, 6) is -1.71. The zero-order valence-corrected chi connectivity index (χ0v) is 20.5. The zero-order chi connectivity index (χ0) is 25.0. The van der Waals surface area contributed by atoms with E-state index in [2.05, 4.69) is 43.2 Å². The molecule has 34 heavy (non-hydrogen) atoms. The number of ether oxygens (including phenoxy) is 1. The predicted molar refractivity (Wildman–Crippen MR) is 131 cm³/mol. The number of hydrogen-bond donors (Lipinski definition) is 2. The number of amides is 2. The van der Waals surface area contributed by atoms with E-state index in [-0.39, 0.29) is 28.3 Å². The molecule has 0 heterocycles. The Kier molecular flexibility index (Phi) is 8.36. The number of carbonyl (C=O) groups is 2. The Morgan fingerprint density at radius 2 is 1.59 bits per heavy atom. The molecule has 0 saturated heterocycles. The molecule has 1 fully saturated rings. The third-order valence-corrected chi connectivity index (χ3v) is 5.34. The van der Waals surface area contributed by atoms with Crippen molar-refractivity contribution in [1.29, 1.82) is 0 Å². The smallest absolute Gasteiger partial charge is 0.324 e. The summed E-state index contributed by atoms with van der Waals surface area (Å²) in [7, 11) is 0. The number of esters is 1. The van der Waals surface area contributed by atoms with Gasteiger partial charge < -0.3 is 20.3 Å². The van der Waals surface area contributed by atoms with Crippen molar-refractivity contribution in [1.82, 2.24) is 0 Å². The van der Waals surface area contributed by atoms with Crippen LogP contribution in [0.5, 0.6) is 5.75 Å². The number of benzene rings is 2. The van der Waals surface area contributed by atoms with E-state index in [4.69, 9.17) is 16.3 Å². The molecule has 0 bridgehead atoms. The van der Waals surface area contributed by atoms with Crippen molar-refractivity contribution in [2.75, 3.05) is 28.6 Å². The quantitative estimate of drug-likeness (QED) is 0.301. The fourth-order valence-electron chi connectivity index (χ4n) is 3.58. The molecule has 6 nitrogen and oxygen atoms in total. The van der Waals surface area contributed by atoms with E-state index >= 15 is 0 Å². The number of rotatable bonds is 9. The standard InChI is InChI=1S/C25H30ClF2N3O3/c1-14(2)12-31(13-15(3)4)20-6-5-7-21(34-24(32)16-8-9-16)23(20)30-25(33)29-22-18(27)10-17(26)11-19(22)28/h5-7,10-11,14-16H,8-9,12-13H2,1-4H3,(H2,29,30,33). The third-order valence-electron chi connectivity index (χ3n) is 5.12. The average molecular weight is 494 g/mol. The largest absolute Gasteiger partial charge is 0.424 e. The molecule has 0 aliphatic heterocycles. The molecule has 9 heteroatoms. The van der Waals surface area contributed by atoms with E-state index in [0.29, 0.717) is 30.6 Å². The van der Waals surface area contributed by atoms with E-state index in [1.807, 2.05) is 6.07 Å². The van der Waals surface area contributed by atoms with Crippen molar-refractivity contribution in [3.05, 3.63) is 47.0 Å². The lowest BCUT2D eigenvalue weighted by atomic mass is 10.1. The molecule has 1 aliphatic rings. The summed E-state index contributed by atoms with van der Waals surface area (Å²) >= 11 is 5.66. The maximum atomic E-state index is 14.2. The lowest BCUT2D eigenvalue weighted by molar-refractivity contribution is -0.135. The summed E-state index contributed by atoms with van der Waals surface area (Å²) < 4.78 is 34.0. The molecular weight excluding hydrogens is 464 g/mol. The molecule has 0 unspecified atom stereocenters. The summed E-state index contributed by atoms with van der Waals surface area (Å²) in [6.45, 7) is 9.70. The van der Waals surface area contributed by atoms with Gasteiger partial charge >= 0.3 is 12.0 Å². The number of nitrogens with zero attached hydrogens (tertiary/aromatic N) is 1. The zero-order valence-electron chi connectivity index (χ0n) is 19.8. The third kappa shape index (κ3) is 6.82. The van der Waals surface area contributed by atoms with Gasteiger partial charge in [0, 0.05) is 18.1 Å². The van der Waals surface area contributed by atoms with Crippen molar-refractivity contribution < 1.29 is 23.1 Å². The molecule has 1 saturated carbocycles. The molecule has 2 aromatic rings. The summed E-state index contributed by atoms with van der Waals surface area (Å²) in [5.41, 5.74) is 0.276. The summed E-state index contributed by atoms with van der Waals surface area (Å²) in [5, 5.41) is 4.73. The molecule has 2 aromatic carbocycles. The predicted octanol–water partition coefficient (Wildman–Crippen LogP) is 6.70. The molecule has 0 aromatic heterocycles. The van der Waals surface area contributed by atoms with Crippen LogP contribution in [0.15, 0.2) is 30.3 Å². The average Bonchev–Trinajstić information content (AvgIpc) is 3.56. The van der Waals surface area contributed by atoms with Crippen molar-refractivity contribution in [3.63, 3.8) is 0 Å². The summed E-state index contributed by atoms with van der Waals surface area (Å²) in [6, 6.07) is 6.09. The van der Waals surface area contributed by atoms with Crippen molar-refractivity contribution in [3.8, 4) is 5.75 Å². The van der Waals surface area contributed by atoms with E-state index < -0.39 is 23.4 Å². The highest BCUT2D eigenvalue weighted by Gasteiger charge is 2.32. The molecule has 0 atom stereocenters. The normalized spacial score (nSPS) is 13.2. The number of nitrogens with one attached hydrogen (secondary N) is 2. The second-order valence-corrected chi connectivity index (χ2v) is 9.80. The first-order valence-corrected chi connectivity index (χ1v) is 11.7. The van der Waals surface area contributed by atoms with Crippen LogP contribution in [0.4, 0.5) is 30.6 Å². The number of anilines is 3. The van der Waals surface area contributed by atoms with Gasteiger partial charge in [0.2, 0.25) is 0 Å². The maximum Gasteiger partial charge on any atom is 0.324 e. The van der Waals surface area contributed by atoms with Crippen LogP contribution in [-0.4, -0.2) is 25.1 Å². The molecule has 2 amide bonds. The van der Waals surface area contributed by atoms with Crippen LogP contribution in [-0.2, 0) is 4.79 Å². The van der Waals surface area contributed by atoms with Gasteiger partial charge in [-0.1, -0.05) is 45.4 Å². The molecule has 3 rings (SSSR count). The number of carbonyl (C=O) groups excluding carboxylic acids is 2. The van der Waals surface area contributed by atoms with E-state index in [1.165, 1.54) is 0 Å². The van der Waals surface area contributed by atoms with Gasteiger partial charge in [-0.05, 0) is 48.9 Å². The lowest BCUT2D eigenvalue weighted by Gasteiger charge is -2.31. The van der Waals surface area contributed by atoms with E-state index in [1.54, 1.807) is 12.1 Å². The van der Waals surface area contributed by atoms with Gasteiger partial charge in [0.1, 0.15) is 11.4 Å². The summed E-state index contributed by atoms with van der Waals surface area (Å²) in [6.07, 6.45) is 1.54. The van der Waals surface area contributed by atoms with Crippen molar-refractivity contribution in [2.45, 2.75) is 40.5 Å². The number of hydrogen-bond acceptors (Lipinski definition) is 4. The van der Waals surface area contributed by atoms with E-state index in [0.717, 1.165) is 25.0 Å². The van der Waals surface area contributed by atoms with Gasteiger partial charge in [-0.2, -0.15) is 0 Å².